The van der Waals surface area contributed by atoms with Crippen molar-refractivity contribution in [1.29, 1.82) is 0 Å². The summed E-state index contributed by atoms with van der Waals surface area (Å²) in [5.74, 6) is 0. The van der Waals surface area contributed by atoms with Crippen molar-refractivity contribution in [1.82, 2.24) is 9.97 Å². The van der Waals surface area contributed by atoms with Gasteiger partial charge in [-0.15, -0.1) is 22.7 Å². The van der Waals surface area contributed by atoms with Gasteiger partial charge >= 0.3 is 0 Å². The van der Waals surface area contributed by atoms with Gasteiger partial charge in [0.1, 0.15) is 19.8 Å². The molecule has 0 saturated carbocycles. The van der Waals surface area contributed by atoms with Crippen LogP contribution in [0.15, 0.2) is 69.3 Å². The van der Waals surface area contributed by atoms with Gasteiger partial charge in [-0.2, -0.15) is 16.8 Å². The molecule has 0 spiro atoms. The molecule has 4 aromatic rings. The quantitative estimate of drug-likeness (QED) is 0.286. The molecule has 0 amide bonds. The van der Waals surface area contributed by atoms with Crippen molar-refractivity contribution >= 4 is 55.1 Å². The summed E-state index contributed by atoms with van der Waals surface area (Å²) in [7, 11) is -9.27. The molecule has 0 aliphatic rings. The molecule has 8 nitrogen and oxygen atoms in total. The van der Waals surface area contributed by atoms with Crippen LogP contribution in [-0.2, 0) is 20.2 Å². The molecule has 164 valence electrons. The van der Waals surface area contributed by atoms with Crippen LogP contribution in [0.1, 0.15) is 11.1 Å². The molecule has 0 aliphatic heterocycles. The van der Waals surface area contributed by atoms with E-state index in [0.717, 1.165) is 0 Å². The van der Waals surface area contributed by atoms with Gasteiger partial charge in [-0.25, -0.2) is 9.97 Å². The van der Waals surface area contributed by atoms with Crippen molar-refractivity contribution in [3.05, 3.63) is 70.7 Å². The first-order valence-corrected chi connectivity index (χ1v) is 13.5. The predicted octanol–water partition coefficient (Wildman–Crippen LogP) is 4.60. The lowest BCUT2D eigenvalue weighted by atomic mass is 10.1. The molecular formula is C20H14N2O6S4. The van der Waals surface area contributed by atoms with Crippen molar-refractivity contribution in [2.24, 2.45) is 0 Å². The van der Waals surface area contributed by atoms with Gasteiger partial charge in [0.2, 0.25) is 0 Å². The van der Waals surface area contributed by atoms with Crippen LogP contribution in [0, 0.1) is 0 Å². The second kappa shape index (κ2) is 8.65. The Kier molecular flexibility index (Phi) is 6.07. The lowest BCUT2D eigenvalue weighted by molar-refractivity contribution is 0.481. The van der Waals surface area contributed by atoms with Crippen molar-refractivity contribution in [3.8, 4) is 21.1 Å². The standard InChI is InChI=1S/C20H14N2O6S4/c23-31(24,25)17-13(3-1-5-15(17)19-21-9-11-29-19)7-8-14-4-2-6-16(18(14)32(26,27)28)20-22-10-12-30-20/h1-12H,(H,23,24,25)(H,26,27,28)/b8-7+. The first kappa shape index (κ1) is 22.5. The molecule has 0 bridgehead atoms. The van der Waals surface area contributed by atoms with Gasteiger partial charge in [0, 0.05) is 34.3 Å². The molecule has 2 aromatic carbocycles. The first-order valence-electron chi connectivity index (χ1n) is 8.85. The van der Waals surface area contributed by atoms with Gasteiger partial charge in [0.05, 0.1) is 0 Å². The maximum Gasteiger partial charge on any atom is 0.295 e. The molecule has 0 saturated heterocycles. The van der Waals surface area contributed by atoms with Gasteiger partial charge in [-0.3, -0.25) is 9.11 Å². The van der Waals surface area contributed by atoms with Crippen LogP contribution in [0.4, 0.5) is 0 Å². The zero-order valence-corrected chi connectivity index (χ0v) is 19.2. The monoisotopic (exact) mass is 506 g/mol. The molecule has 0 radical (unpaired) electrons. The minimum absolute atomic E-state index is 0.126. The fourth-order valence-electron chi connectivity index (χ4n) is 3.18. The Bertz CT molecular complexity index is 1390. The van der Waals surface area contributed by atoms with Crippen molar-refractivity contribution in [2.75, 3.05) is 0 Å². The Morgan fingerprint density at radius 2 is 1.09 bits per heavy atom. The summed E-state index contributed by atoms with van der Waals surface area (Å²) in [4.78, 5) is 7.51. The van der Waals surface area contributed by atoms with Gasteiger partial charge in [0.15, 0.2) is 0 Å². The number of hydrogen-bond donors (Lipinski definition) is 2. The summed E-state index contributed by atoms with van der Waals surface area (Å²) in [5.41, 5.74) is 0.689. The highest BCUT2D eigenvalue weighted by molar-refractivity contribution is 7.86. The molecule has 2 aromatic heterocycles. The van der Waals surface area contributed by atoms with E-state index in [9.17, 15) is 25.9 Å². The van der Waals surface area contributed by atoms with E-state index >= 15 is 0 Å². The second-order valence-corrected chi connectivity index (χ2v) is 10.9. The Balaban J connectivity index is 1.90. The lowest BCUT2D eigenvalue weighted by Crippen LogP contribution is -2.04. The summed E-state index contributed by atoms with van der Waals surface area (Å²) >= 11 is 2.41. The third-order valence-corrected chi connectivity index (χ3v) is 7.93. The highest BCUT2D eigenvalue weighted by atomic mass is 32.2. The zero-order valence-electron chi connectivity index (χ0n) is 16.0. The molecule has 2 N–H and O–H groups in total. The summed E-state index contributed by atoms with van der Waals surface area (Å²) < 4.78 is 68.4. The zero-order chi connectivity index (χ0) is 22.9. The van der Waals surface area contributed by atoms with Gasteiger partial charge in [-0.1, -0.05) is 48.6 Å². The van der Waals surface area contributed by atoms with Crippen molar-refractivity contribution in [3.63, 3.8) is 0 Å². The average Bonchev–Trinajstić information content (AvgIpc) is 3.44. The topological polar surface area (TPSA) is 135 Å². The van der Waals surface area contributed by atoms with Gasteiger partial charge in [0.25, 0.3) is 20.2 Å². The average molecular weight is 507 g/mol. The first-order chi connectivity index (χ1) is 15.2. The molecule has 12 heteroatoms. The fourth-order valence-corrected chi connectivity index (χ4v) is 6.40. The third kappa shape index (κ3) is 4.55. The highest BCUT2D eigenvalue weighted by Crippen LogP contribution is 2.35. The van der Waals surface area contributed by atoms with E-state index in [0.29, 0.717) is 10.0 Å². The molecule has 0 atom stereocenters. The number of nitrogens with zero attached hydrogens (tertiary/aromatic N) is 2. The second-order valence-electron chi connectivity index (χ2n) is 6.41. The Morgan fingerprint density at radius 3 is 1.41 bits per heavy atom. The third-order valence-electron chi connectivity index (χ3n) is 4.37. The SMILES string of the molecule is O=S(=O)(O)c1c(/C=C/c2cccc(-c3nccs3)c2S(=O)(=O)O)cccc1-c1nccs1. The number of thiazole rings is 2. The summed E-state index contributed by atoms with van der Waals surface area (Å²) in [6, 6.07) is 9.17. The maximum absolute atomic E-state index is 12.2. The fraction of sp³-hybridized carbons (Fsp3) is 0. The van der Waals surface area contributed by atoms with Gasteiger partial charge < -0.3 is 0 Å². The summed E-state index contributed by atoms with van der Waals surface area (Å²) in [6.07, 6.45) is 5.74. The highest BCUT2D eigenvalue weighted by Gasteiger charge is 2.23. The molecule has 0 fully saturated rings. The van der Waals surface area contributed by atoms with E-state index in [1.54, 1.807) is 22.9 Å². The van der Waals surface area contributed by atoms with Crippen LogP contribution in [0.25, 0.3) is 33.3 Å². The minimum Gasteiger partial charge on any atom is -0.282 e. The normalized spacial score (nSPS) is 12.4. The Labute approximate surface area is 192 Å². The van der Waals surface area contributed by atoms with E-state index in [-0.39, 0.29) is 32.0 Å². The molecule has 2 heterocycles. The molecule has 32 heavy (non-hydrogen) atoms. The van der Waals surface area contributed by atoms with E-state index < -0.39 is 20.2 Å². The van der Waals surface area contributed by atoms with Crippen LogP contribution in [-0.4, -0.2) is 35.9 Å². The van der Waals surface area contributed by atoms with Crippen molar-refractivity contribution in [2.45, 2.75) is 9.79 Å². The molecule has 4 rings (SSSR count). The summed E-state index contributed by atoms with van der Waals surface area (Å²) in [6.45, 7) is 0. The van der Waals surface area contributed by atoms with Crippen LogP contribution >= 0.6 is 22.7 Å². The van der Waals surface area contributed by atoms with Crippen molar-refractivity contribution < 1.29 is 25.9 Å². The van der Waals surface area contributed by atoms with E-state index in [2.05, 4.69) is 9.97 Å². The Hall–Kier alpha value is -2.74. The smallest absolute Gasteiger partial charge is 0.282 e. The number of rotatable bonds is 6. The Morgan fingerprint density at radius 1 is 0.688 bits per heavy atom. The van der Waals surface area contributed by atoms with E-state index in [1.165, 1.54) is 71.5 Å². The molecule has 0 unspecified atom stereocenters. The van der Waals surface area contributed by atoms with Crippen LogP contribution in [0.5, 0.6) is 0 Å². The summed E-state index contributed by atoms with van der Waals surface area (Å²) in [5, 5.41) is 4.15. The molecular weight excluding hydrogens is 492 g/mol. The number of benzene rings is 2. The van der Waals surface area contributed by atoms with Crippen LogP contribution in [0.2, 0.25) is 0 Å². The maximum atomic E-state index is 12.2. The molecule has 0 aliphatic carbocycles. The number of hydrogen-bond acceptors (Lipinski definition) is 8. The van der Waals surface area contributed by atoms with Crippen LogP contribution in [0.3, 0.4) is 0 Å². The predicted molar refractivity (Wildman–Crippen MR) is 124 cm³/mol. The van der Waals surface area contributed by atoms with E-state index in [4.69, 9.17) is 0 Å². The lowest BCUT2D eigenvalue weighted by Gasteiger charge is -2.10. The van der Waals surface area contributed by atoms with E-state index in [1.807, 2.05) is 0 Å². The minimum atomic E-state index is -4.64. The van der Waals surface area contributed by atoms with Gasteiger partial charge in [-0.05, 0) is 11.1 Å². The largest absolute Gasteiger partial charge is 0.295 e. The number of aromatic nitrogens is 2. The van der Waals surface area contributed by atoms with Crippen LogP contribution < -0.4 is 0 Å².